The zero-order valence-corrected chi connectivity index (χ0v) is 11.7. The summed E-state index contributed by atoms with van der Waals surface area (Å²) in [5.74, 6) is 1.81. The maximum absolute atomic E-state index is 6.00. The summed E-state index contributed by atoms with van der Waals surface area (Å²) in [6.07, 6.45) is 3.42. The van der Waals surface area contributed by atoms with Gasteiger partial charge in [0.25, 0.3) is 0 Å². The Bertz CT molecular complexity index is 760. The maximum Gasteiger partial charge on any atom is 0.151 e. The molecule has 5 heteroatoms. The number of aryl methyl sites for hydroxylation is 2. The molecule has 0 radical (unpaired) electrons. The molecular formula is C15H17N5. The van der Waals surface area contributed by atoms with Crippen LogP contribution in [0.4, 0.5) is 5.69 Å². The van der Waals surface area contributed by atoms with Gasteiger partial charge in [-0.3, -0.25) is 4.98 Å². The van der Waals surface area contributed by atoms with Crippen LogP contribution in [0.2, 0.25) is 0 Å². The Labute approximate surface area is 117 Å². The minimum absolute atomic E-state index is 0.679. The second kappa shape index (κ2) is 4.92. The number of nitrogens with two attached hydrogens (primary N) is 1. The number of rotatable bonds is 3. The summed E-state index contributed by atoms with van der Waals surface area (Å²) >= 11 is 0. The summed E-state index contributed by atoms with van der Waals surface area (Å²) < 4.78 is 1.91. The van der Waals surface area contributed by atoms with Crippen LogP contribution < -0.4 is 5.73 Å². The van der Waals surface area contributed by atoms with Crippen molar-refractivity contribution in [3.8, 4) is 5.69 Å². The lowest BCUT2D eigenvalue weighted by molar-refractivity contribution is 0.795. The predicted octanol–water partition coefficient (Wildman–Crippen LogP) is 2.52. The Balaban J connectivity index is 2.29. The first-order chi connectivity index (χ1) is 9.74. The molecule has 3 aromatic rings. The summed E-state index contributed by atoms with van der Waals surface area (Å²) in [6, 6.07) is 7.76. The third-order valence-electron chi connectivity index (χ3n) is 3.36. The first kappa shape index (κ1) is 12.6. The van der Waals surface area contributed by atoms with E-state index in [2.05, 4.69) is 28.9 Å². The number of pyridine rings is 1. The van der Waals surface area contributed by atoms with Crippen molar-refractivity contribution in [2.75, 3.05) is 5.73 Å². The molecule has 2 heterocycles. The first-order valence-electron chi connectivity index (χ1n) is 6.83. The van der Waals surface area contributed by atoms with E-state index < -0.39 is 0 Å². The molecule has 0 fully saturated rings. The topological polar surface area (TPSA) is 69.6 Å². The normalized spacial score (nSPS) is 11.1. The summed E-state index contributed by atoms with van der Waals surface area (Å²) in [7, 11) is 0. The molecule has 0 aliphatic heterocycles. The van der Waals surface area contributed by atoms with Gasteiger partial charge in [0.15, 0.2) is 5.82 Å². The molecule has 0 amide bonds. The molecule has 0 unspecified atom stereocenters. The monoisotopic (exact) mass is 267 g/mol. The Kier molecular flexibility index (Phi) is 3.10. The van der Waals surface area contributed by atoms with Crippen LogP contribution in [-0.4, -0.2) is 19.7 Å². The van der Waals surface area contributed by atoms with Gasteiger partial charge in [-0.25, -0.2) is 9.67 Å². The number of anilines is 1. The van der Waals surface area contributed by atoms with Gasteiger partial charge in [-0.1, -0.05) is 26.0 Å². The number of nitrogens with zero attached hydrogens (tertiary/aromatic N) is 4. The summed E-state index contributed by atoms with van der Waals surface area (Å²) in [4.78, 5) is 8.92. The fourth-order valence-electron chi connectivity index (χ4n) is 2.33. The largest absolute Gasteiger partial charge is 0.397 e. The van der Waals surface area contributed by atoms with Crippen molar-refractivity contribution < 1.29 is 0 Å². The number of fused-ring (bicyclic) bond motifs is 1. The number of benzene rings is 1. The highest BCUT2D eigenvalue weighted by Crippen LogP contribution is 2.25. The third-order valence-corrected chi connectivity index (χ3v) is 3.36. The second-order valence-corrected chi connectivity index (χ2v) is 4.64. The lowest BCUT2D eigenvalue weighted by Gasteiger charge is -2.09. The molecule has 2 N–H and O–H groups in total. The molecule has 0 spiro atoms. The molecule has 0 bridgehead atoms. The van der Waals surface area contributed by atoms with Crippen molar-refractivity contribution in [2.45, 2.75) is 26.7 Å². The van der Waals surface area contributed by atoms with Crippen LogP contribution in [0.5, 0.6) is 0 Å². The molecule has 0 atom stereocenters. The Morgan fingerprint density at radius 1 is 1.15 bits per heavy atom. The van der Waals surface area contributed by atoms with E-state index >= 15 is 0 Å². The quantitative estimate of drug-likeness (QED) is 0.740. The van der Waals surface area contributed by atoms with Gasteiger partial charge in [-0.2, -0.15) is 5.10 Å². The number of nitrogen functional groups attached to an aromatic ring is 1. The zero-order chi connectivity index (χ0) is 14.1. The number of aromatic nitrogens is 4. The molecule has 3 rings (SSSR count). The molecule has 20 heavy (non-hydrogen) atoms. The van der Waals surface area contributed by atoms with E-state index in [1.165, 1.54) is 0 Å². The van der Waals surface area contributed by atoms with E-state index in [1.807, 2.05) is 28.9 Å². The highest BCUT2D eigenvalue weighted by atomic mass is 15.4. The molecule has 1 aromatic carbocycles. The molecule has 5 nitrogen and oxygen atoms in total. The van der Waals surface area contributed by atoms with E-state index in [1.54, 1.807) is 6.20 Å². The molecule has 0 saturated carbocycles. The molecule has 0 aliphatic rings. The lowest BCUT2D eigenvalue weighted by Crippen LogP contribution is -2.04. The summed E-state index contributed by atoms with van der Waals surface area (Å²) in [5.41, 5.74) is 8.46. The van der Waals surface area contributed by atoms with Crippen LogP contribution in [0.25, 0.3) is 16.6 Å². The number of para-hydroxylation sites is 1. The van der Waals surface area contributed by atoms with Gasteiger partial charge in [0, 0.05) is 24.4 Å². The van der Waals surface area contributed by atoms with Gasteiger partial charge in [0.1, 0.15) is 5.82 Å². The van der Waals surface area contributed by atoms with Gasteiger partial charge < -0.3 is 5.73 Å². The molecule has 0 aliphatic carbocycles. The Morgan fingerprint density at radius 2 is 2.00 bits per heavy atom. The average Bonchev–Trinajstić information content (AvgIpc) is 2.90. The van der Waals surface area contributed by atoms with E-state index in [9.17, 15) is 0 Å². The van der Waals surface area contributed by atoms with Crippen LogP contribution in [0.3, 0.4) is 0 Å². The summed E-state index contributed by atoms with van der Waals surface area (Å²) in [5, 5.41) is 5.58. The minimum atomic E-state index is 0.679. The predicted molar refractivity (Wildman–Crippen MR) is 79.8 cm³/mol. The van der Waals surface area contributed by atoms with Crippen molar-refractivity contribution in [3.05, 3.63) is 42.1 Å². The third kappa shape index (κ3) is 1.91. The van der Waals surface area contributed by atoms with Gasteiger partial charge in [0.05, 0.1) is 16.9 Å². The van der Waals surface area contributed by atoms with Crippen molar-refractivity contribution in [1.29, 1.82) is 0 Å². The first-order valence-corrected chi connectivity index (χ1v) is 6.83. The van der Waals surface area contributed by atoms with Crippen LogP contribution in [-0.2, 0) is 12.8 Å². The zero-order valence-electron chi connectivity index (χ0n) is 11.7. The van der Waals surface area contributed by atoms with E-state index in [0.29, 0.717) is 5.69 Å². The Hall–Kier alpha value is -2.43. The minimum Gasteiger partial charge on any atom is -0.397 e. The lowest BCUT2D eigenvalue weighted by atomic mass is 10.1. The van der Waals surface area contributed by atoms with E-state index in [-0.39, 0.29) is 0 Å². The highest BCUT2D eigenvalue weighted by molar-refractivity contribution is 5.94. The van der Waals surface area contributed by atoms with Gasteiger partial charge in [-0.15, -0.1) is 0 Å². The van der Waals surface area contributed by atoms with E-state index in [4.69, 9.17) is 5.73 Å². The second-order valence-electron chi connectivity index (χ2n) is 4.64. The van der Waals surface area contributed by atoms with Crippen LogP contribution in [0, 0.1) is 0 Å². The van der Waals surface area contributed by atoms with Crippen molar-refractivity contribution in [3.63, 3.8) is 0 Å². The molecule has 2 aromatic heterocycles. The summed E-state index contributed by atoms with van der Waals surface area (Å²) in [6.45, 7) is 4.14. The maximum atomic E-state index is 6.00. The van der Waals surface area contributed by atoms with Gasteiger partial charge in [-0.05, 0) is 12.1 Å². The van der Waals surface area contributed by atoms with Crippen molar-refractivity contribution in [2.24, 2.45) is 0 Å². The average molecular weight is 267 g/mol. The van der Waals surface area contributed by atoms with E-state index in [0.717, 1.165) is 41.1 Å². The SMILES string of the molecule is CCc1nc(CC)n(-c2ccnc3c(N)cccc23)n1. The molecule has 102 valence electrons. The number of hydrogen-bond donors (Lipinski definition) is 1. The Morgan fingerprint density at radius 3 is 2.75 bits per heavy atom. The fraction of sp³-hybridized carbons (Fsp3) is 0.267. The van der Waals surface area contributed by atoms with Crippen LogP contribution in [0.1, 0.15) is 25.5 Å². The van der Waals surface area contributed by atoms with Gasteiger partial charge >= 0.3 is 0 Å². The molecular weight excluding hydrogens is 250 g/mol. The van der Waals surface area contributed by atoms with Crippen molar-refractivity contribution >= 4 is 16.6 Å². The van der Waals surface area contributed by atoms with Gasteiger partial charge in [0.2, 0.25) is 0 Å². The standard InChI is InChI=1S/C15H17N5/c1-3-13-18-14(4-2)20(19-13)12-8-9-17-15-10(12)6-5-7-11(15)16/h5-9H,3-4,16H2,1-2H3. The smallest absolute Gasteiger partial charge is 0.151 e. The van der Waals surface area contributed by atoms with Crippen LogP contribution in [0.15, 0.2) is 30.5 Å². The fourth-order valence-corrected chi connectivity index (χ4v) is 2.33. The van der Waals surface area contributed by atoms with Crippen molar-refractivity contribution in [1.82, 2.24) is 19.7 Å². The number of hydrogen-bond acceptors (Lipinski definition) is 4. The van der Waals surface area contributed by atoms with Crippen LogP contribution >= 0.6 is 0 Å². The molecule has 0 saturated heterocycles. The highest BCUT2D eigenvalue weighted by Gasteiger charge is 2.12.